The monoisotopic (exact) mass is 386 g/mol. The molecule has 0 spiro atoms. The largest absolute Gasteiger partial charge is 0.358 e. The van der Waals surface area contributed by atoms with Crippen molar-refractivity contribution in [3.05, 3.63) is 71.6 Å². The van der Waals surface area contributed by atoms with Crippen LogP contribution in [0.2, 0.25) is 0 Å². The minimum absolute atomic E-state index is 0.0328. The molecule has 2 amide bonds. The van der Waals surface area contributed by atoms with Crippen LogP contribution in [0, 0.1) is 0 Å². The van der Waals surface area contributed by atoms with Gasteiger partial charge in [0, 0.05) is 54.3 Å². The summed E-state index contributed by atoms with van der Waals surface area (Å²) in [5, 5.41) is 5.61. The standard InChI is InChI=1S/C23H22N4O2/c1-2-24-22(28)7-6-15-4-3-5-16(12-15)20-13-17(8-10-25-20)21-14-18-19(27-21)9-11-26-23(18)29/h3-8,10,12-14,27H,2,9,11H2,1H3,(H,24,28)(H,26,29). The van der Waals surface area contributed by atoms with Crippen molar-refractivity contribution < 1.29 is 9.59 Å². The molecular weight excluding hydrogens is 364 g/mol. The quantitative estimate of drug-likeness (QED) is 0.589. The average Bonchev–Trinajstić information content (AvgIpc) is 3.19. The smallest absolute Gasteiger partial charge is 0.253 e. The van der Waals surface area contributed by atoms with Crippen LogP contribution in [0.15, 0.2) is 54.7 Å². The first kappa shape index (κ1) is 18.7. The van der Waals surface area contributed by atoms with Gasteiger partial charge in [0.15, 0.2) is 0 Å². The van der Waals surface area contributed by atoms with E-state index in [9.17, 15) is 9.59 Å². The molecule has 29 heavy (non-hydrogen) atoms. The van der Waals surface area contributed by atoms with E-state index < -0.39 is 0 Å². The number of hydrogen-bond donors (Lipinski definition) is 3. The van der Waals surface area contributed by atoms with E-state index in [2.05, 4.69) is 20.6 Å². The normalized spacial score (nSPS) is 13.2. The number of aromatic nitrogens is 2. The van der Waals surface area contributed by atoms with E-state index in [1.54, 1.807) is 12.3 Å². The maximum Gasteiger partial charge on any atom is 0.253 e. The van der Waals surface area contributed by atoms with Crippen molar-refractivity contribution in [3.8, 4) is 22.5 Å². The summed E-state index contributed by atoms with van der Waals surface area (Å²) < 4.78 is 0. The fourth-order valence-corrected chi connectivity index (χ4v) is 3.41. The molecule has 146 valence electrons. The molecule has 6 nitrogen and oxygen atoms in total. The van der Waals surface area contributed by atoms with Gasteiger partial charge in [0.25, 0.3) is 5.91 Å². The zero-order valence-electron chi connectivity index (χ0n) is 16.2. The lowest BCUT2D eigenvalue weighted by Gasteiger charge is -2.11. The molecule has 3 aromatic rings. The van der Waals surface area contributed by atoms with Crippen LogP contribution in [-0.2, 0) is 11.2 Å². The Kier molecular flexibility index (Phi) is 5.24. The molecule has 1 aliphatic rings. The highest BCUT2D eigenvalue weighted by molar-refractivity contribution is 5.97. The molecule has 0 radical (unpaired) electrons. The molecule has 4 rings (SSSR count). The fraction of sp³-hybridized carbons (Fsp3) is 0.174. The second kappa shape index (κ2) is 8.14. The predicted molar refractivity (Wildman–Crippen MR) is 113 cm³/mol. The van der Waals surface area contributed by atoms with E-state index in [1.807, 2.05) is 49.4 Å². The lowest BCUT2D eigenvalue weighted by Crippen LogP contribution is -2.31. The summed E-state index contributed by atoms with van der Waals surface area (Å²) in [5.41, 5.74) is 6.27. The first-order chi connectivity index (χ1) is 14.1. The van der Waals surface area contributed by atoms with Crippen molar-refractivity contribution in [2.24, 2.45) is 0 Å². The Balaban J connectivity index is 1.62. The van der Waals surface area contributed by atoms with Crippen molar-refractivity contribution >= 4 is 17.9 Å². The molecule has 0 unspecified atom stereocenters. The van der Waals surface area contributed by atoms with Crippen LogP contribution < -0.4 is 10.6 Å². The van der Waals surface area contributed by atoms with Gasteiger partial charge in [0.2, 0.25) is 5.91 Å². The molecule has 0 aliphatic carbocycles. The second-order valence-corrected chi connectivity index (χ2v) is 6.86. The van der Waals surface area contributed by atoms with E-state index in [0.717, 1.165) is 40.2 Å². The van der Waals surface area contributed by atoms with E-state index in [4.69, 9.17) is 0 Å². The minimum Gasteiger partial charge on any atom is -0.358 e. The van der Waals surface area contributed by atoms with Gasteiger partial charge < -0.3 is 15.6 Å². The SMILES string of the molecule is CCNC(=O)C=Cc1cccc(-c2cc(-c3cc4c([nH]3)CCNC4=O)ccn2)c1. The van der Waals surface area contributed by atoms with Gasteiger partial charge in [-0.15, -0.1) is 0 Å². The number of rotatable bonds is 5. The van der Waals surface area contributed by atoms with E-state index in [0.29, 0.717) is 18.7 Å². The third-order valence-electron chi connectivity index (χ3n) is 4.84. The number of H-pyrrole nitrogens is 1. The van der Waals surface area contributed by atoms with Crippen LogP contribution in [-0.4, -0.2) is 34.9 Å². The zero-order valence-corrected chi connectivity index (χ0v) is 16.2. The first-order valence-electron chi connectivity index (χ1n) is 9.67. The number of fused-ring (bicyclic) bond motifs is 1. The molecular formula is C23H22N4O2. The van der Waals surface area contributed by atoms with E-state index in [-0.39, 0.29) is 11.8 Å². The van der Waals surface area contributed by atoms with Gasteiger partial charge in [-0.05, 0) is 42.8 Å². The van der Waals surface area contributed by atoms with Gasteiger partial charge in [-0.3, -0.25) is 14.6 Å². The van der Waals surface area contributed by atoms with E-state index >= 15 is 0 Å². The molecule has 3 heterocycles. The number of aromatic amines is 1. The van der Waals surface area contributed by atoms with E-state index in [1.165, 1.54) is 6.08 Å². The molecule has 6 heteroatoms. The molecule has 1 aliphatic heterocycles. The summed E-state index contributed by atoms with van der Waals surface area (Å²) in [7, 11) is 0. The summed E-state index contributed by atoms with van der Waals surface area (Å²) in [6.07, 6.45) is 5.89. The number of carbonyl (C=O) groups is 2. The van der Waals surface area contributed by atoms with Gasteiger partial charge >= 0.3 is 0 Å². The van der Waals surface area contributed by atoms with Crippen molar-refractivity contribution in [2.75, 3.05) is 13.1 Å². The molecule has 0 fully saturated rings. The third kappa shape index (κ3) is 4.11. The van der Waals surface area contributed by atoms with Crippen LogP contribution in [0.1, 0.15) is 28.5 Å². The summed E-state index contributed by atoms with van der Waals surface area (Å²) in [5.74, 6) is -0.146. The first-order valence-corrected chi connectivity index (χ1v) is 9.67. The van der Waals surface area contributed by atoms with Crippen molar-refractivity contribution in [2.45, 2.75) is 13.3 Å². The topological polar surface area (TPSA) is 86.9 Å². The Hall–Kier alpha value is -3.67. The van der Waals surface area contributed by atoms with Crippen LogP contribution in [0.3, 0.4) is 0 Å². The van der Waals surface area contributed by atoms with Gasteiger partial charge in [-0.2, -0.15) is 0 Å². The molecule has 0 atom stereocenters. The van der Waals surface area contributed by atoms with Gasteiger partial charge in [0.1, 0.15) is 0 Å². The van der Waals surface area contributed by atoms with Crippen molar-refractivity contribution in [3.63, 3.8) is 0 Å². The molecule has 3 N–H and O–H groups in total. The lowest BCUT2D eigenvalue weighted by molar-refractivity contribution is -0.116. The maximum absolute atomic E-state index is 12.0. The fourth-order valence-electron chi connectivity index (χ4n) is 3.41. The van der Waals surface area contributed by atoms with Crippen LogP contribution in [0.5, 0.6) is 0 Å². The number of benzene rings is 1. The highest BCUT2D eigenvalue weighted by Crippen LogP contribution is 2.27. The number of carbonyl (C=O) groups excluding carboxylic acids is 2. The number of pyridine rings is 1. The Morgan fingerprint density at radius 1 is 1.21 bits per heavy atom. The maximum atomic E-state index is 12.0. The Labute approximate surface area is 169 Å². The van der Waals surface area contributed by atoms with Gasteiger partial charge in [0.05, 0.1) is 11.3 Å². The predicted octanol–water partition coefficient (Wildman–Crippen LogP) is 3.18. The molecule has 0 saturated carbocycles. The lowest BCUT2D eigenvalue weighted by atomic mass is 10.0. The molecule has 2 aromatic heterocycles. The summed E-state index contributed by atoms with van der Waals surface area (Å²) in [6.45, 7) is 3.14. The zero-order chi connectivity index (χ0) is 20.2. The number of nitrogens with one attached hydrogen (secondary N) is 3. The van der Waals surface area contributed by atoms with Crippen LogP contribution >= 0.6 is 0 Å². The summed E-state index contributed by atoms with van der Waals surface area (Å²) in [6, 6.07) is 13.7. The minimum atomic E-state index is -0.113. The Morgan fingerprint density at radius 3 is 2.93 bits per heavy atom. The highest BCUT2D eigenvalue weighted by atomic mass is 16.2. The van der Waals surface area contributed by atoms with Crippen LogP contribution in [0.25, 0.3) is 28.6 Å². The van der Waals surface area contributed by atoms with Crippen molar-refractivity contribution in [1.82, 2.24) is 20.6 Å². The number of hydrogen-bond acceptors (Lipinski definition) is 3. The Bertz CT molecular complexity index is 1100. The average molecular weight is 386 g/mol. The van der Waals surface area contributed by atoms with Crippen LogP contribution in [0.4, 0.5) is 0 Å². The van der Waals surface area contributed by atoms with Gasteiger partial charge in [-0.1, -0.05) is 18.2 Å². The molecule has 0 saturated heterocycles. The second-order valence-electron chi connectivity index (χ2n) is 6.86. The molecule has 0 bridgehead atoms. The number of nitrogens with zero attached hydrogens (tertiary/aromatic N) is 1. The molecule has 1 aromatic carbocycles. The summed E-state index contributed by atoms with van der Waals surface area (Å²) in [4.78, 5) is 31.5. The van der Waals surface area contributed by atoms with Gasteiger partial charge in [-0.25, -0.2) is 0 Å². The number of amides is 2. The number of likely N-dealkylation sites (N-methyl/N-ethyl adjacent to an activating group) is 1. The Morgan fingerprint density at radius 2 is 2.10 bits per heavy atom. The third-order valence-corrected chi connectivity index (χ3v) is 4.84. The summed E-state index contributed by atoms with van der Waals surface area (Å²) >= 11 is 0. The van der Waals surface area contributed by atoms with Crippen molar-refractivity contribution in [1.29, 1.82) is 0 Å². The highest BCUT2D eigenvalue weighted by Gasteiger charge is 2.20.